The summed E-state index contributed by atoms with van der Waals surface area (Å²) in [6.45, 7) is 3.77. The summed E-state index contributed by atoms with van der Waals surface area (Å²) in [6, 6.07) is 5.58. The Morgan fingerprint density at radius 1 is 1.26 bits per heavy atom. The summed E-state index contributed by atoms with van der Waals surface area (Å²) >= 11 is 0. The van der Waals surface area contributed by atoms with Gasteiger partial charge < -0.3 is 23.7 Å². The number of fused-ring (bicyclic) bond motifs is 1. The normalized spacial score (nSPS) is 19.7. The molecule has 7 nitrogen and oxygen atoms in total. The molecule has 0 N–H and O–H groups in total. The van der Waals surface area contributed by atoms with Gasteiger partial charge in [-0.3, -0.25) is 9.59 Å². The zero-order valence-corrected chi connectivity index (χ0v) is 15.9. The molecule has 144 valence electrons. The van der Waals surface area contributed by atoms with Crippen molar-refractivity contribution < 1.29 is 23.5 Å². The van der Waals surface area contributed by atoms with Crippen LogP contribution in [0.5, 0.6) is 5.75 Å². The average molecular weight is 372 g/mol. The van der Waals surface area contributed by atoms with E-state index < -0.39 is 0 Å². The first kappa shape index (κ1) is 17.9. The van der Waals surface area contributed by atoms with Crippen molar-refractivity contribution >= 4 is 22.8 Å². The van der Waals surface area contributed by atoms with E-state index in [0.717, 1.165) is 10.9 Å². The molecule has 2 amide bonds. The van der Waals surface area contributed by atoms with Crippen molar-refractivity contribution in [3.8, 4) is 5.75 Å². The van der Waals surface area contributed by atoms with Gasteiger partial charge in [0.25, 0.3) is 5.91 Å². The van der Waals surface area contributed by atoms with Crippen molar-refractivity contribution in [1.29, 1.82) is 0 Å². The van der Waals surface area contributed by atoms with Crippen molar-refractivity contribution in [2.24, 2.45) is 0 Å². The van der Waals surface area contributed by atoms with E-state index in [0.29, 0.717) is 49.6 Å². The third-order valence-corrected chi connectivity index (χ3v) is 5.75. The van der Waals surface area contributed by atoms with E-state index >= 15 is 0 Å². The van der Waals surface area contributed by atoms with Crippen molar-refractivity contribution in [1.82, 2.24) is 9.80 Å². The molecule has 0 radical (unpaired) electrons. The van der Waals surface area contributed by atoms with Gasteiger partial charge in [-0.15, -0.1) is 0 Å². The van der Waals surface area contributed by atoms with Gasteiger partial charge in [0.2, 0.25) is 5.91 Å². The van der Waals surface area contributed by atoms with Crippen LogP contribution in [-0.4, -0.2) is 67.6 Å². The fraction of sp³-hybridized carbons (Fsp3) is 0.500. The fourth-order valence-electron chi connectivity index (χ4n) is 3.99. The Bertz CT molecular complexity index is 895. The molecule has 0 bridgehead atoms. The lowest BCUT2D eigenvalue weighted by molar-refractivity contribution is -0.167. The summed E-state index contributed by atoms with van der Waals surface area (Å²) in [6.07, 6.45) is 1.42. The molecule has 2 saturated heterocycles. The first-order chi connectivity index (χ1) is 12.9. The third kappa shape index (κ3) is 3.06. The van der Waals surface area contributed by atoms with Gasteiger partial charge in [0.15, 0.2) is 5.76 Å². The number of nitrogens with zero attached hydrogens (tertiary/aromatic N) is 2. The average Bonchev–Trinajstić information content (AvgIpc) is 3.01. The number of piperidine rings is 1. The largest absolute Gasteiger partial charge is 0.497 e. The lowest BCUT2D eigenvalue weighted by Crippen LogP contribution is -2.58. The molecule has 4 rings (SSSR count). The molecule has 3 heterocycles. The minimum absolute atomic E-state index is 0.00691. The van der Waals surface area contributed by atoms with E-state index in [9.17, 15) is 9.59 Å². The maximum atomic E-state index is 13.0. The second-order valence-corrected chi connectivity index (χ2v) is 7.43. The molecular weight excluding hydrogens is 348 g/mol. The highest BCUT2D eigenvalue weighted by atomic mass is 16.5. The van der Waals surface area contributed by atoms with Gasteiger partial charge in [0.05, 0.1) is 12.7 Å². The summed E-state index contributed by atoms with van der Waals surface area (Å²) in [7, 11) is 3.40. The first-order valence-corrected chi connectivity index (χ1v) is 9.17. The second-order valence-electron chi connectivity index (χ2n) is 7.43. The molecule has 0 saturated carbocycles. The predicted octanol–water partition coefficient (Wildman–Crippen LogP) is 2.21. The molecule has 0 atom stereocenters. The summed E-state index contributed by atoms with van der Waals surface area (Å²) in [4.78, 5) is 28.2. The fourth-order valence-corrected chi connectivity index (χ4v) is 3.99. The highest BCUT2D eigenvalue weighted by Gasteiger charge is 2.42. The Kier molecular flexibility index (Phi) is 4.34. The first-order valence-electron chi connectivity index (χ1n) is 9.17. The van der Waals surface area contributed by atoms with Gasteiger partial charge in [0.1, 0.15) is 17.9 Å². The Hall–Kier alpha value is -2.54. The number of carbonyl (C=O) groups excluding carboxylic acids is 2. The number of rotatable bonds is 2. The van der Waals surface area contributed by atoms with Crippen molar-refractivity contribution in [2.45, 2.75) is 25.4 Å². The number of benzene rings is 1. The summed E-state index contributed by atoms with van der Waals surface area (Å²) in [5, 5.41) is 0.920. The topological polar surface area (TPSA) is 72.2 Å². The standard InChI is InChI=1S/C20H24N2O5/c1-13-15-5-4-14(25-3)10-16(15)27-18(13)19(24)22-8-6-20(7-9-22)12-21(2)17(23)11-26-20/h4-5,10H,6-9,11-12H2,1-3H3. The van der Waals surface area contributed by atoms with Crippen LogP contribution in [0.1, 0.15) is 29.0 Å². The number of likely N-dealkylation sites (N-methyl/N-ethyl adjacent to an activating group) is 1. The lowest BCUT2D eigenvalue weighted by Gasteiger charge is -2.46. The third-order valence-electron chi connectivity index (χ3n) is 5.75. The molecule has 1 aromatic heterocycles. The number of hydrogen-bond donors (Lipinski definition) is 0. The Labute approximate surface area is 157 Å². The zero-order chi connectivity index (χ0) is 19.2. The van der Waals surface area contributed by atoms with Crippen LogP contribution in [0.2, 0.25) is 0 Å². The van der Waals surface area contributed by atoms with Crippen LogP contribution in [0.15, 0.2) is 22.6 Å². The molecule has 0 aliphatic carbocycles. The summed E-state index contributed by atoms with van der Waals surface area (Å²) in [5.41, 5.74) is 1.16. The number of carbonyl (C=O) groups is 2. The molecule has 7 heteroatoms. The Balaban J connectivity index is 1.50. The zero-order valence-electron chi connectivity index (χ0n) is 15.9. The van der Waals surface area contributed by atoms with Crippen LogP contribution < -0.4 is 4.74 Å². The monoisotopic (exact) mass is 372 g/mol. The SMILES string of the molecule is COc1ccc2c(C)c(C(=O)N3CCC4(CC3)CN(C)C(=O)CO4)oc2c1. The number of furan rings is 1. The number of hydrogen-bond acceptors (Lipinski definition) is 5. The van der Waals surface area contributed by atoms with Crippen LogP contribution in [0, 0.1) is 6.92 Å². The van der Waals surface area contributed by atoms with Crippen LogP contribution in [-0.2, 0) is 9.53 Å². The molecule has 0 unspecified atom stereocenters. The highest BCUT2D eigenvalue weighted by Crippen LogP contribution is 2.33. The number of ether oxygens (including phenoxy) is 2. The van der Waals surface area contributed by atoms with E-state index in [1.807, 2.05) is 24.0 Å². The van der Waals surface area contributed by atoms with Crippen LogP contribution >= 0.6 is 0 Å². The number of likely N-dealkylation sites (tertiary alicyclic amines) is 1. The quantitative estimate of drug-likeness (QED) is 0.808. The summed E-state index contributed by atoms with van der Waals surface area (Å²) < 4.78 is 17.0. The second kappa shape index (κ2) is 6.56. The molecule has 27 heavy (non-hydrogen) atoms. The molecule has 1 aromatic carbocycles. The molecular formula is C20H24N2O5. The number of amides is 2. The van der Waals surface area contributed by atoms with Crippen molar-refractivity contribution in [2.75, 3.05) is 40.4 Å². The Morgan fingerprint density at radius 2 is 2.00 bits per heavy atom. The van der Waals surface area contributed by atoms with Gasteiger partial charge in [-0.1, -0.05) is 0 Å². The molecule has 2 fully saturated rings. The van der Waals surface area contributed by atoms with Crippen molar-refractivity contribution in [3.05, 3.63) is 29.5 Å². The number of aryl methyl sites for hydroxylation is 1. The minimum Gasteiger partial charge on any atom is -0.497 e. The van der Waals surface area contributed by atoms with E-state index in [1.165, 1.54) is 0 Å². The Morgan fingerprint density at radius 3 is 2.67 bits per heavy atom. The van der Waals surface area contributed by atoms with E-state index in [4.69, 9.17) is 13.9 Å². The van der Waals surface area contributed by atoms with Gasteiger partial charge in [-0.25, -0.2) is 0 Å². The maximum Gasteiger partial charge on any atom is 0.289 e. The number of morpholine rings is 1. The van der Waals surface area contributed by atoms with Gasteiger partial charge >= 0.3 is 0 Å². The van der Waals surface area contributed by atoms with E-state index in [2.05, 4.69) is 0 Å². The van der Waals surface area contributed by atoms with Crippen LogP contribution in [0.25, 0.3) is 11.0 Å². The van der Waals surface area contributed by atoms with E-state index in [-0.39, 0.29) is 24.0 Å². The molecule has 1 spiro atoms. The lowest BCUT2D eigenvalue weighted by atomic mass is 9.89. The van der Waals surface area contributed by atoms with Gasteiger partial charge in [0, 0.05) is 43.7 Å². The molecule has 2 aliphatic rings. The summed E-state index contributed by atoms with van der Waals surface area (Å²) in [5.74, 6) is 0.986. The smallest absolute Gasteiger partial charge is 0.289 e. The van der Waals surface area contributed by atoms with E-state index in [1.54, 1.807) is 25.1 Å². The van der Waals surface area contributed by atoms with Crippen LogP contribution in [0.4, 0.5) is 0 Å². The highest BCUT2D eigenvalue weighted by molar-refractivity contribution is 5.99. The molecule has 2 aromatic rings. The van der Waals surface area contributed by atoms with Crippen LogP contribution in [0.3, 0.4) is 0 Å². The molecule has 2 aliphatic heterocycles. The minimum atomic E-state index is -0.338. The predicted molar refractivity (Wildman–Crippen MR) is 99.0 cm³/mol. The number of methoxy groups -OCH3 is 1. The van der Waals surface area contributed by atoms with Gasteiger partial charge in [-0.05, 0) is 31.9 Å². The maximum absolute atomic E-state index is 13.0. The van der Waals surface area contributed by atoms with Crippen molar-refractivity contribution in [3.63, 3.8) is 0 Å². The van der Waals surface area contributed by atoms with Gasteiger partial charge in [-0.2, -0.15) is 0 Å².